The van der Waals surface area contributed by atoms with Gasteiger partial charge in [-0.3, -0.25) is 0 Å². The van der Waals surface area contributed by atoms with Crippen molar-refractivity contribution in [3.8, 4) is 5.75 Å². The molecular formula is C16H20N2O. The second kappa shape index (κ2) is 6.81. The summed E-state index contributed by atoms with van der Waals surface area (Å²) >= 11 is 0. The molecule has 0 unspecified atom stereocenters. The predicted molar refractivity (Wildman–Crippen MR) is 79.0 cm³/mol. The highest BCUT2D eigenvalue weighted by atomic mass is 16.5. The zero-order valence-electron chi connectivity index (χ0n) is 11.3. The molecule has 0 aliphatic heterocycles. The number of hydrogen-bond donors (Lipinski definition) is 1. The summed E-state index contributed by atoms with van der Waals surface area (Å²) in [6.07, 6.45) is 1.03. The van der Waals surface area contributed by atoms with Crippen LogP contribution < -0.4 is 15.6 Å². The average molecular weight is 256 g/mol. The quantitative estimate of drug-likeness (QED) is 0.636. The van der Waals surface area contributed by atoms with E-state index in [0.717, 1.165) is 30.0 Å². The Morgan fingerprint density at radius 3 is 2.32 bits per heavy atom. The van der Waals surface area contributed by atoms with Crippen LogP contribution in [0.2, 0.25) is 0 Å². The normalized spacial score (nSPS) is 10.2. The number of hydrogen-bond acceptors (Lipinski definition) is 3. The molecule has 2 aromatic carbocycles. The van der Waals surface area contributed by atoms with E-state index in [-0.39, 0.29) is 0 Å². The Morgan fingerprint density at radius 2 is 1.68 bits per heavy atom. The molecule has 0 saturated heterocycles. The zero-order chi connectivity index (χ0) is 13.5. The monoisotopic (exact) mass is 256 g/mol. The first-order valence-electron chi connectivity index (χ1n) is 6.58. The lowest BCUT2D eigenvalue weighted by Crippen LogP contribution is -2.31. The Bertz CT molecular complexity index is 482. The molecule has 19 heavy (non-hydrogen) atoms. The Balaban J connectivity index is 1.92. The Morgan fingerprint density at radius 1 is 1.00 bits per heavy atom. The highest BCUT2D eigenvalue weighted by Gasteiger charge is 2.01. The first kappa shape index (κ1) is 13.4. The van der Waals surface area contributed by atoms with Gasteiger partial charge in [-0.2, -0.15) is 0 Å². The maximum Gasteiger partial charge on any atom is 0.119 e. The van der Waals surface area contributed by atoms with Gasteiger partial charge in [0.15, 0.2) is 0 Å². The lowest BCUT2D eigenvalue weighted by Gasteiger charge is -2.18. The molecule has 2 rings (SSSR count). The molecule has 0 aliphatic rings. The van der Waals surface area contributed by atoms with E-state index in [1.165, 1.54) is 0 Å². The summed E-state index contributed by atoms with van der Waals surface area (Å²) in [5.74, 6) is 6.77. The van der Waals surface area contributed by atoms with Crippen LogP contribution in [-0.2, 0) is 6.61 Å². The lowest BCUT2D eigenvalue weighted by atomic mass is 10.2. The SMILES string of the molecule is CCCN(N)c1ccc(OCc2ccccc2)cc1. The number of rotatable bonds is 6. The third kappa shape index (κ3) is 4.00. The van der Waals surface area contributed by atoms with Crippen molar-refractivity contribution in [2.45, 2.75) is 20.0 Å². The van der Waals surface area contributed by atoms with E-state index in [9.17, 15) is 0 Å². The van der Waals surface area contributed by atoms with Crippen LogP contribution in [0, 0.1) is 0 Å². The molecular weight excluding hydrogens is 236 g/mol. The minimum atomic E-state index is 0.585. The van der Waals surface area contributed by atoms with Gasteiger partial charge in [0.1, 0.15) is 12.4 Å². The van der Waals surface area contributed by atoms with Crippen LogP contribution in [0.4, 0.5) is 5.69 Å². The summed E-state index contributed by atoms with van der Waals surface area (Å²) in [6.45, 7) is 3.54. The fourth-order valence-corrected chi connectivity index (χ4v) is 1.84. The number of nitrogens with zero attached hydrogens (tertiary/aromatic N) is 1. The average Bonchev–Trinajstić information content (AvgIpc) is 2.47. The molecule has 3 nitrogen and oxygen atoms in total. The standard InChI is InChI=1S/C16H20N2O/c1-2-12-18(17)15-8-10-16(11-9-15)19-13-14-6-4-3-5-7-14/h3-11H,2,12-13,17H2,1H3. The lowest BCUT2D eigenvalue weighted by molar-refractivity contribution is 0.306. The molecule has 0 bridgehead atoms. The maximum atomic E-state index is 5.91. The molecule has 0 radical (unpaired) electrons. The first-order valence-corrected chi connectivity index (χ1v) is 6.58. The van der Waals surface area contributed by atoms with E-state index in [4.69, 9.17) is 10.6 Å². The number of anilines is 1. The van der Waals surface area contributed by atoms with Crippen molar-refractivity contribution >= 4 is 5.69 Å². The van der Waals surface area contributed by atoms with Crippen molar-refractivity contribution in [3.05, 3.63) is 60.2 Å². The largest absolute Gasteiger partial charge is 0.489 e. The molecule has 100 valence electrons. The van der Waals surface area contributed by atoms with Gasteiger partial charge in [-0.15, -0.1) is 0 Å². The third-order valence-electron chi connectivity index (χ3n) is 2.88. The van der Waals surface area contributed by atoms with Gasteiger partial charge in [0, 0.05) is 6.54 Å². The minimum Gasteiger partial charge on any atom is -0.489 e. The topological polar surface area (TPSA) is 38.5 Å². The van der Waals surface area contributed by atoms with Crippen molar-refractivity contribution in [1.29, 1.82) is 0 Å². The van der Waals surface area contributed by atoms with E-state index in [0.29, 0.717) is 6.61 Å². The van der Waals surface area contributed by atoms with Crippen molar-refractivity contribution in [2.75, 3.05) is 11.6 Å². The summed E-state index contributed by atoms with van der Waals surface area (Å²) in [5, 5.41) is 1.75. The maximum absolute atomic E-state index is 5.91. The predicted octanol–water partition coefficient (Wildman–Crippen LogP) is 3.36. The van der Waals surface area contributed by atoms with Crippen LogP contribution in [0.1, 0.15) is 18.9 Å². The van der Waals surface area contributed by atoms with Crippen LogP contribution in [0.5, 0.6) is 5.75 Å². The highest BCUT2D eigenvalue weighted by molar-refractivity contribution is 5.47. The third-order valence-corrected chi connectivity index (χ3v) is 2.88. The molecule has 0 aromatic heterocycles. The van der Waals surface area contributed by atoms with Gasteiger partial charge >= 0.3 is 0 Å². The van der Waals surface area contributed by atoms with Gasteiger partial charge in [0.05, 0.1) is 5.69 Å². The molecule has 2 N–H and O–H groups in total. The number of ether oxygens (including phenoxy) is 1. The molecule has 0 aliphatic carbocycles. The summed E-state index contributed by atoms with van der Waals surface area (Å²) in [6, 6.07) is 18.0. The highest BCUT2D eigenvalue weighted by Crippen LogP contribution is 2.18. The molecule has 0 fully saturated rings. The fourth-order valence-electron chi connectivity index (χ4n) is 1.84. The molecule has 0 amide bonds. The second-order valence-corrected chi connectivity index (χ2v) is 4.46. The number of nitrogens with two attached hydrogens (primary N) is 1. The van der Waals surface area contributed by atoms with Crippen LogP contribution >= 0.6 is 0 Å². The van der Waals surface area contributed by atoms with Crippen LogP contribution in [0.3, 0.4) is 0 Å². The van der Waals surface area contributed by atoms with E-state index >= 15 is 0 Å². The molecule has 0 spiro atoms. The summed E-state index contributed by atoms with van der Waals surface area (Å²) in [4.78, 5) is 0. The van der Waals surface area contributed by atoms with Crippen molar-refractivity contribution in [1.82, 2.24) is 0 Å². The Labute approximate surface area is 114 Å². The first-order chi connectivity index (χ1) is 9.29. The Kier molecular flexibility index (Phi) is 4.81. The van der Waals surface area contributed by atoms with E-state index < -0.39 is 0 Å². The van der Waals surface area contributed by atoms with Gasteiger partial charge < -0.3 is 9.75 Å². The van der Waals surface area contributed by atoms with Gasteiger partial charge in [0.2, 0.25) is 0 Å². The zero-order valence-corrected chi connectivity index (χ0v) is 11.3. The molecule has 0 saturated carbocycles. The van der Waals surface area contributed by atoms with Gasteiger partial charge in [-0.1, -0.05) is 37.3 Å². The Hall–Kier alpha value is -2.00. The van der Waals surface area contributed by atoms with Crippen molar-refractivity contribution < 1.29 is 4.74 Å². The van der Waals surface area contributed by atoms with Gasteiger partial charge in [-0.05, 0) is 36.2 Å². The molecule has 3 heteroatoms. The van der Waals surface area contributed by atoms with Crippen LogP contribution in [0.25, 0.3) is 0 Å². The van der Waals surface area contributed by atoms with Gasteiger partial charge in [-0.25, -0.2) is 5.84 Å². The smallest absolute Gasteiger partial charge is 0.119 e. The second-order valence-electron chi connectivity index (χ2n) is 4.46. The van der Waals surface area contributed by atoms with E-state index in [1.54, 1.807) is 5.01 Å². The summed E-state index contributed by atoms with van der Waals surface area (Å²) in [7, 11) is 0. The summed E-state index contributed by atoms with van der Waals surface area (Å²) < 4.78 is 5.73. The van der Waals surface area contributed by atoms with Crippen molar-refractivity contribution in [3.63, 3.8) is 0 Å². The van der Waals surface area contributed by atoms with Crippen LogP contribution in [0.15, 0.2) is 54.6 Å². The van der Waals surface area contributed by atoms with Crippen LogP contribution in [-0.4, -0.2) is 6.54 Å². The van der Waals surface area contributed by atoms with E-state index in [1.807, 2.05) is 42.5 Å². The molecule has 0 heterocycles. The number of hydrazine groups is 1. The number of benzene rings is 2. The van der Waals surface area contributed by atoms with Gasteiger partial charge in [0.25, 0.3) is 0 Å². The fraction of sp³-hybridized carbons (Fsp3) is 0.250. The minimum absolute atomic E-state index is 0.585. The summed E-state index contributed by atoms with van der Waals surface area (Å²) in [5.41, 5.74) is 2.17. The van der Waals surface area contributed by atoms with E-state index in [2.05, 4.69) is 19.1 Å². The molecule has 0 atom stereocenters. The molecule has 2 aromatic rings. The van der Waals surface area contributed by atoms with Crippen molar-refractivity contribution in [2.24, 2.45) is 5.84 Å².